The summed E-state index contributed by atoms with van der Waals surface area (Å²) in [5.41, 5.74) is 2.08. The third kappa shape index (κ3) is 2.90. The Balaban J connectivity index is 1.91. The second-order valence-electron chi connectivity index (χ2n) is 7.72. The Morgan fingerprint density at radius 1 is 1.07 bits per heavy atom. The summed E-state index contributed by atoms with van der Waals surface area (Å²) in [7, 11) is -1.69. The summed E-state index contributed by atoms with van der Waals surface area (Å²) >= 11 is 0. The Bertz CT molecular complexity index is 1440. The fourth-order valence-electron chi connectivity index (χ4n) is 3.89. The number of aryl methyl sites for hydroxylation is 1. The Kier molecular flexibility index (Phi) is 3.96. The Hall–Kier alpha value is -2.86. The van der Waals surface area contributed by atoms with Crippen molar-refractivity contribution in [3.63, 3.8) is 0 Å². The first-order chi connectivity index (χ1) is 13.9. The monoisotopic (exact) mass is 407 g/mol. The van der Waals surface area contributed by atoms with Gasteiger partial charge in [0.05, 0.1) is 10.6 Å². The van der Waals surface area contributed by atoms with E-state index in [0.29, 0.717) is 22.5 Å². The van der Waals surface area contributed by atoms with Gasteiger partial charge in [0.1, 0.15) is 11.3 Å². The van der Waals surface area contributed by atoms with E-state index in [-0.39, 0.29) is 16.2 Å². The van der Waals surface area contributed by atoms with Crippen LogP contribution in [0.15, 0.2) is 62.8 Å². The molecule has 0 amide bonds. The normalized spacial score (nSPS) is 14.7. The maximum Gasteiger partial charge on any atom is 0.258 e. The van der Waals surface area contributed by atoms with E-state index in [0.717, 1.165) is 34.9 Å². The summed E-state index contributed by atoms with van der Waals surface area (Å²) in [5, 5.41) is 2.17. The highest BCUT2D eigenvalue weighted by atomic mass is 32.2. The zero-order valence-corrected chi connectivity index (χ0v) is 17.1. The van der Waals surface area contributed by atoms with E-state index in [2.05, 4.69) is 0 Å². The number of aromatic nitrogens is 1. The van der Waals surface area contributed by atoms with Gasteiger partial charge >= 0.3 is 0 Å². The number of hydrogen-bond donors (Lipinski definition) is 0. The molecule has 0 saturated heterocycles. The van der Waals surface area contributed by atoms with Gasteiger partial charge in [-0.15, -0.1) is 0 Å². The van der Waals surface area contributed by atoms with Crippen LogP contribution in [0.4, 0.5) is 0 Å². The van der Waals surface area contributed by atoms with Crippen LogP contribution in [0, 0.1) is 0 Å². The van der Waals surface area contributed by atoms with Crippen LogP contribution >= 0.6 is 0 Å². The maximum absolute atomic E-state index is 12.7. The van der Waals surface area contributed by atoms with Crippen molar-refractivity contribution in [2.24, 2.45) is 7.05 Å². The van der Waals surface area contributed by atoms with Gasteiger partial charge in [0.2, 0.25) is 0 Å². The van der Waals surface area contributed by atoms with Gasteiger partial charge < -0.3 is 8.98 Å². The van der Waals surface area contributed by atoms with Crippen LogP contribution in [-0.2, 0) is 16.9 Å². The zero-order chi connectivity index (χ0) is 20.3. The van der Waals surface area contributed by atoms with Gasteiger partial charge in [-0.2, -0.15) is 0 Å². The third-order valence-electron chi connectivity index (χ3n) is 5.71. The van der Waals surface area contributed by atoms with Gasteiger partial charge in [-0.25, -0.2) is 8.42 Å². The lowest BCUT2D eigenvalue weighted by atomic mass is 9.99. The van der Waals surface area contributed by atoms with Crippen molar-refractivity contribution in [2.45, 2.75) is 30.6 Å². The molecule has 0 aliphatic heterocycles. The Morgan fingerprint density at radius 3 is 2.48 bits per heavy atom. The summed E-state index contributed by atoms with van der Waals surface area (Å²) < 4.78 is 33.1. The van der Waals surface area contributed by atoms with Crippen molar-refractivity contribution in [3.05, 3.63) is 64.8 Å². The van der Waals surface area contributed by atoms with Crippen molar-refractivity contribution in [1.29, 1.82) is 0 Å². The largest absolute Gasteiger partial charge is 0.460 e. The molecule has 148 valence electrons. The number of fused-ring (bicyclic) bond motifs is 2. The Morgan fingerprint density at radius 2 is 1.79 bits per heavy atom. The van der Waals surface area contributed by atoms with E-state index in [1.807, 2.05) is 24.3 Å². The van der Waals surface area contributed by atoms with E-state index < -0.39 is 9.84 Å². The fourth-order valence-corrected chi connectivity index (χ4v) is 4.83. The molecule has 1 aliphatic carbocycles. The molecule has 29 heavy (non-hydrogen) atoms. The van der Waals surface area contributed by atoms with Gasteiger partial charge in [0.25, 0.3) is 5.56 Å². The molecule has 1 aliphatic rings. The van der Waals surface area contributed by atoms with Crippen LogP contribution in [0.3, 0.4) is 0 Å². The molecule has 0 atom stereocenters. The highest BCUT2D eigenvalue weighted by Gasteiger charge is 2.29. The molecule has 0 bridgehead atoms. The molecule has 0 spiro atoms. The van der Waals surface area contributed by atoms with Gasteiger partial charge in [-0.1, -0.05) is 25.1 Å². The topological polar surface area (TPSA) is 69.3 Å². The van der Waals surface area contributed by atoms with E-state index in [4.69, 9.17) is 4.42 Å². The first-order valence-corrected chi connectivity index (χ1v) is 11.4. The van der Waals surface area contributed by atoms with Crippen LogP contribution in [0.2, 0.25) is 0 Å². The van der Waals surface area contributed by atoms with Crippen molar-refractivity contribution in [3.8, 4) is 11.1 Å². The van der Waals surface area contributed by atoms with Gasteiger partial charge in [-0.05, 0) is 42.5 Å². The predicted molar refractivity (Wildman–Crippen MR) is 114 cm³/mol. The average molecular weight is 407 g/mol. The highest BCUT2D eigenvalue weighted by molar-refractivity contribution is 7.91. The number of pyridine rings is 1. The molecule has 0 N–H and O–H groups in total. The molecule has 1 saturated carbocycles. The first kappa shape index (κ1) is 18.2. The molecule has 5 nitrogen and oxygen atoms in total. The first-order valence-electron chi connectivity index (χ1n) is 9.78. The highest BCUT2D eigenvalue weighted by Crippen LogP contribution is 2.44. The SMILES string of the molecule is CCS(=O)(=O)c1cc(-c2cn(C)c(=O)c3ccccc23)c2oc(C3CC3)cc2c1. The molecular weight excluding hydrogens is 386 g/mol. The van der Waals surface area contributed by atoms with Crippen molar-refractivity contribution in [2.75, 3.05) is 5.75 Å². The smallest absolute Gasteiger partial charge is 0.258 e. The molecule has 2 aromatic carbocycles. The van der Waals surface area contributed by atoms with Gasteiger partial charge in [0.15, 0.2) is 9.84 Å². The standard InChI is InChI=1S/C23H21NO4S/c1-3-29(26,27)16-10-15-11-21(14-8-9-14)28-22(15)19(12-16)20-13-24(2)23(25)18-7-5-4-6-17(18)20/h4-7,10-14H,3,8-9H2,1-2H3. The number of benzene rings is 2. The molecule has 2 aromatic heterocycles. The summed E-state index contributed by atoms with van der Waals surface area (Å²) in [5.74, 6) is 1.35. The van der Waals surface area contributed by atoms with Gasteiger partial charge in [-0.3, -0.25) is 4.79 Å². The minimum Gasteiger partial charge on any atom is -0.460 e. The molecule has 1 fully saturated rings. The summed E-state index contributed by atoms with van der Waals surface area (Å²) in [6.07, 6.45) is 3.96. The fraction of sp³-hybridized carbons (Fsp3) is 0.261. The second-order valence-corrected chi connectivity index (χ2v) is 10.00. The van der Waals surface area contributed by atoms with Crippen molar-refractivity contribution >= 4 is 31.6 Å². The van der Waals surface area contributed by atoms with Crippen molar-refractivity contribution in [1.82, 2.24) is 4.57 Å². The molecule has 4 aromatic rings. The number of hydrogen-bond acceptors (Lipinski definition) is 4. The van der Waals surface area contributed by atoms with E-state index in [1.54, 1.807) is 38.4 Å². The molecule has 2 heterocycles. The maximum atomic E-state index is 12.7. The third-order valence-corrected chi connectivity index (χ3v) is 7.42. The van der Waals surface area contributed by atoms with Crippen LogP contribution in [0.25, 0.3) is 32.9 Å². The van der Waals surface area contributed by atoms with Gasteiger partial charge in [0, 0.05) is 41.1 Å². The van der Waals surface area contributed by atoms with E-state index in [9.17, 15) is 13.2 Å². The number of furan rings is 1. The predicted octanol–water partition coefficient (Wildman–Crippen LogP) is 4.62. The number of rotatable bonds is 4. The lowest BCUT2D eigenvalue weighted by Crippen LogP contribution is -2.16. The minimum atomic E-state index is -3.40. The quantitative estimate of drug-likeness (QED) is 0.495. The molecule has 0 radical (unpaired) electrons. The summed E-state index contributed by atoms with van der Waals surface area (Å²) in [6.45, 7) is 1.64. The van der Waals surface area contributed by atoms with Crippen LogP contribution in [0.5, 0.6) is 0 Å². The van der Waals surface area contributed by atoms with Crippen LogP contribution in [-0.4, -0.2) is 18.7 Å². The minimum absolute atomic E-state index is 0.0271. The molecular formula is C23H21NO4S. The molecule has 6 heteroatoms. The second kappa shape index (κ2) is 6.32. The average Bonchev–Trinajstić information content (AvgIpc) is 3.48. The lowest BCUT2D eigenvalue weighted by Gasteiger charge is -2.12. The molecule has 5 rings (SSSR count). The van der Waals surface area contributed by atoms with E-state index >= 15 is 0 Å². The Labute approximate surface area is 168 Å². The lowest BCUT2D eigenvalue weighted by molar-refractivity contribution is 0.553. The van der Waals surface area contributed by atoms with Crippen LogP contribution < -0.4 is 5.56 Å². The zero-order valence-electron chi connectivity index (χ0n) is 16.3. The summed E-state index contributed by atoms with van der Waals surface area (Å²) in [4.78, 5) is 12.9. The molecule has 0 unspecified atom stereocenters. The number of sulfone groups is 1. The van der Waals surface area contributed by atoms with Crippen molar-refractivity contribution < 1.29 is 12.8 Å². The van der Waals surface area contributed by atoms with Crippen LogP contribution in [0.1, 0.15) is 31.4 Å². The van der Waals surface area contributed by atoms with E-state index in [1.165, 1.54) is 4.57 Å². The summed E-state index contributed by atoms with van der Waals surface area (Å²) in [6, 6.07) is 12.8. The number of nitrogens with zero attached hydrogens (tertiary/aromatic N) is 1.